The summed E-state index contributed by atoms with van der Waals surface area (Å²) >= 11 is 3.17. The van der Waals surface area contributed by atoms with Gasteiger partial charge in [0.05, 0.1) is 5.56 Å². The van der Waals surface area contributed by atoms with Crippen LogP contribution in [0.2, 0.25) is 0 Å². The monoisotopic (exact) mass is 407 g/mol. The Balaban J connectivity index is 2.08. The van der Waals surface area contributed by atoms with Crippen LogP contribution in [-0.4, -0.2) is 18.0 Å². The van der Waals surface area contributed by atoms with E-state index in [0.29, 0.717) is 10.2 Å². The Hall–Kier alpha value is -2.21. The lowest BCUT2D eigenvalue weighted by atomic mass is 10.0. The highest BCUT2D eigenvalue weighted by atomic mass is 79.9. The van der Waals surface area contributed by atoms with Crippen molar-refractivity contribution in [3.05, 3.63) is 63.9 Å². The molecule has 132 valence electrons. The summed E-state index contributed by atoms with van der Waals surface area (Å²) in [6.45, 7) is 5.52. The van der Waals surface area contributed by atoms with E-state index in [4.69, 9.17) is 4.74 Å². The maximum absolute atomic E-state index is 13.3. The van der Waals surface area contributed by atoms with E-state index in [1.165, 1.54) is 19.1 Å². The molecule has 0 fully saturated rings. The largest absolute Gasteiger partial charge is 0.449 e. The van der Waals surface area contributed by atoms with Gasteiger partial charge in [-0.3, -0.25) is 4.79 Å². The number of carbonyl (C=O) groups is 2. The molecule has 2 rings (SSSR count). The lowest BCUT2D eigenvalue weighted by Crippen LogP contribution is -2.30. The lowest BCUT2D eigenvalue weighted by Gasteiger charge is -2.17. The number of hydrogen-bond acceptors (Lipinski definition) is 3. The van der Waals surface area contributed by atoms with Crippen LogP contribution in [0.25, 0.3) is 0 Å². The number of esters is 1. The first-order valence-corrected chi connectivity index (χ1v) is 8.64. The van der Waals surface area contributed by atoms with Gasteiger partial charge in [-0.1, -0.05) is 32.0 Å². The van der Waals surface area contributed by atoms with Crippen molar-refractivity contribution >= 4 is 33.5 Å². The average Bonchev–Trinajstić information content (AvgIpc) is 2.57. The fraction of sp³-hybridized carbons (Fsp3) is 0.263. The first-order valence-electron chi connectivity index (χ1n) is 7.85. The molecule has 2 aromatic carbocycles. The Morgan fingerprint density at radius 1 is 1.12 bits per heavy atom. The van der Waals surface area contributed by atoms with Crippen molar-refractivity contribution in [2.75, 3.05) is 5.32 Å². The molecule has 0 aliphatic rings. The van der Waals surface area contributed by atoms with Gasteiger partial charge in [-0.05, 0) is 58.6 Å². The molecular weight excluding hydrogens is 389 g/mol. The van der Waals surface area contributed by atoms with Crippen LogP contribution in [0.15, 0.2) is 46.9 Å². The highest BCUT2D eigenvalue weighted by Crippen LogP contribution is 2.24. The van der Waals surface area contributed by atoms with E-state index in [1.807, 2.05) is 32.0 Å². The molecule has 25 heavy (non-hydrogen) atoms. The van der Waals surface area contributed by atoms with Crippen LogP contribution in [0.4, 0.5) is 10.1 Å². The van der Waals surface area contributed by atoms with Crippen molar-refractivity contribution < 1.29 is 18.7 Å². The highest BCUT2D eigenvalue weighted by Gasteiger charge is 2.22. The minimum Gasteiger partial charge on any atom is -0.449 e. The van der Waals surface area contributed by atoms with Gasteiger partial charge in [-0.2, -0.15) is 0 Å². The van der Waals surface area contributed by atoms with Crippen molar-refractivity contribution in [3.8, 4) is 0 Å². The number of hydrogen-bond donors (Lipinski definition) is 1. The number of nitrogens with one attached hydrogen (secondary N) is 1. The third-order valence-electron chi connectivity index (χ3n) is 3.64. The van der Waals surface area contributed by atoms with E-state index in [1.54, 1.807) is 6.07 Å². The second kappa shape index (κ2) is 8.25. The van der Waals surface area contributed by atoms with Gasteiger partial charge in [0.1, 0.15) is 5.82 Å². The first kappa shape index (κ1) is 19.1. The normalized spacial score (nSPS) is 11.9. The fourth-order valence-electron chi connectivity index (χ4n) is 2.28. The number of halogens is 2. The summed E-state index contributed by atoms with van der Waals surface area (Å²) in [5.74, 6) is -1.55. The van der Waals surface area contributed by atoms with Crippen LogP contribution in [0.5, 0.6) is 0 Å². The molecule has 1 atom stereocenters. The van der Waals surface area contributed by atoms with Gasteiger partial charge in [-0.15, -0.1) is 0 Å². The Kier molecular flexibility index (Phi) is 6.31. The fourth-order valence-corrected chi connectivity index (χ4v) is 2.69. The Morgan fingerprint density at radius 2 is 1.80 bits per heavy atom. The summed E-state index contributed by atoms with van der Waals surface area (Å²) in [5, 5.41) is 2.77. The van der Waals surface area contributed by atoms with Gasteiger partial charge in [0.2, 0.25) is 0 Å². The third-order valence-corrected chi connectivity index (χ3v) is 4.33. The molecule has 0 saturated carbocycles. The molecule has 0 radical (unpaired) electrons. The molecule has 0 bridgehead atoms. The number of amides is 1. The molecule has 1 N–H and O–H groups in total. The van der Waals surface area contributed by atoms with Gasteiger partial charge in [-0.25, -0.2) is 9.18 Å². The van der Waals surface area contributed by atoms with Gasteiger partial charge in [0, 0.05) is 10.2 Å². The predicted octanol–water partition coefficient (Wildman–Crippen LogP) is 4.90. The predicted molar refractivity (Wildman–Crippen MR) is 98.1 cm³/mol. The van der Waals surface area contributed by atoms with Gasteiger partial charge < -0.3 is 10.1 Å². The quantitative estimate of drug-likeness (QED) is 0.717. The molecule has 0 aliphatic carbocycles. The van der Waals surface area contributed by atoms with Crippen molar-refractivity contribution in [1.29, 1.82) is 0 Å². The molecule has 6 heteroatoms. The van der Waals surface area contributed by atoms with E-state index in [9.17, 15) is 14.0 Å². The second-order valence-electron chi connectivity index (χ2n) is 5.90. The van der Waals surface area contributed by atoms with E-state index >= 15 is 0 Å². The molecule has 0 aromatic heterocycles. The molecule has 0 aliphatic heterocycles. The number of carbonyl (C=O) groups excluding carboxylic acids is 2. The first-order chi connectivity index (χ1) is 11.8. The third kappa shape index (κ3) is 4.89. The highest BCUT2D eigenvalue weighted by molar-refractivity contribution is 9.10. The van der Waals surface area contributed by atoms with E-state index in [-0.39, 0.29) is 11.5 Å². The topological polar surface area (TPSA) is 55.4 Å². The second-order valence-corrected chi connectivity index (χ2v) is 6.76. The summed E-state index contributed by atoms with van der Waals surface area (Å²) < 4.78 is 18.9. The van der Waals surface area contributed by atoms with E-state index in [0.717, 1.165) is 11.6 Å². The van der Waals surface area contributed by atoms with Gasteiger partial charge in [0.15, 0.2) is 6.10 Å². The van der Waals surface area contributed by atoms with Crippen molar-refractivity contribution in [2.24, 2.45) is 0 Å². The zero-order chi connectivity index (χ0) is 18.6. The molecule has 0 saturated heterocycles. The Bertz CT molecular complexity index is 792. The van der Waals surface area contributed by atoms with Crippen LogP contribution >= 0.6 is 15.9 Å². The lowest BCUT2D eigenvalue weighted by molar-refractivity contribution is -0.123. The van der Waals surface area contributed by atoms with Crippen LogP contribution < -0.4 is 5.32 Å². The molecule has 4 nitrogen and oxygen atoms in total. The van der Waals surface area contributed by atoms with E-state index < -0.39 is 23.8 Å². The van der Waals surface area contributed by atoms with Crippen molar-refractivity contribution in [1.82, 2.24) is 0 Å². The van der Waals surface area contributed by atoms with Crippen molar-refractivity contribution in [2.45, 2.75) is 32.8 Å². The Morgan fingerprint density at radius 3 is 2.48 bits per heavy atom. The summed E-state index contributed by atoms with van der Waals surface area (Å²) in [4.78, 5) is 24.5. The number of anilines is 1. The number of benzene rings is 2. The molecule has 0 heterocycles. The smallest absolute Gasteiger partial charge is 0.340 e. The Labute approximate surface area is 154 Å². The van der Waals surface area contributed by atoms with Gasteiger partial charge >= 0.3 is 5.97 Å². The number of ether oxygens (including phenoxy) is 1. The molecule has 0 unspecified atom stereocenters. The molecule has 1 amide bonds. The zero-order valence-electron chi connectivity index (χ0n) is 14.2. The average molecular weight is 408 g/mol. The molecule has 2 aromatic rings. The van der Waals surface area contributed by atoms with Gasteiger partial charge in [0.25, 0.3) is 5.91 Å². The minimum absolute atomic E-state index is 0.0298. The van der Waals surface area contributed by atoms with Crippen LogP contribution in [0.3, 0.4) is 0 Å². The number of rotatable bonds is 5. The summed E-state index contributed by atoms with van der Waals surface area (Å²) in [6, 6.07) is 11.1. The molecule has 0 spiro atoms. The summed E-state index contributed by atoms with van der Waals surface area (Å²) in [6.07, 6.45) is -1.03. The maximum Gasteiger partial charge on any atom is 0.340 e. The number of para-hydroxylation sites is 1. The van der Waals surface area contributed by atoms with E-state index in [2.05, 4.69) is 21.2 Å². The van der Waals surface area contributed by atoms with Crippen LogP contribution in [0, 0.1) is 5.82 Å². The zero-order valence-corrected chi connectivity index (χ0v) is 15.8. The minimum atomic E-state index is -1.03. The van der Waals surface area contributed by atoms with Crippen LogP contribution in [0.1, 0.15) is 42.6 Å². The standard InChI is InChI=1S/C19H19BrFNO3/c1-11(2)14-6-4-5-7-17(14)22-18(23)12(3)25-19(24)15-10-13(21)8-9-16(15)20/h4-12H,1-3H3,(H,22,23)/t12-/m1/s1. The van der Waals surface area contributed by atoms with Crippen LogP contribution in [-0.2, 0) is 9.53 Å². The summed E-state index contributed by atoms with van der Waals surface area (Å²) in [5.41, 5.74) is 1.70. The molecular formula is C19H19BrFNO3. The van der Waals surface area contributed by atoms with Crippen molar-refractivity contribution in [3.63, 3.8) is 0 Å². The summed E-state index contributed by atoms with van der Waals surface area (Å²) in [7, 11) is 0. The maximum atomic E-state index is 13.3. The SMILES string of the molecule is CC(C)c1ccccc1NC(=O)[C@@H](C)OC(=O)c1cc(F)ccc1Br.